The molecule has 1 aliphatic rings. The molecule has 3 rings (SSSR count). The van der Waals surface area contributed by atoms with E-state index in [-0.39, 0.29) is 11.8 Å². The minimum absolute atomic E-state index is 0.0343. The molecule has 2 aromatic rings. The van der Waals surface area contributed by atoms with Crippen molar-refractivity contribution < 1.29 is 9.59 Å². The van der Waals surface area contributed by atoms with Crippen LogP contribution in [-0.2, 0) is 22.6 Å². The monoisotopic (exact) mass is 342 g/mol. The summed E-state index contributed by atoms with van der Waals surface area (Å²) in [5, 5.41) is 2.88. The molecular weight excluding hydrogens is 316 g/mol. The SMILES string of the molecule is CCC(=O)NCCc1nc2ccccc2n1CC(=O)N1CCCCC1. The van der Waals surface area contributed by atoms with E-state index in [0.717, 1.165) is 42.8 Å². The predicted octanol–water partition coefficient (Wildman–Crippen LogP) is 2.12. The first-order valence-electron chi connectivity index (χ1n) is 9.17. The molecule has 0 unspecified atom stereocenters. The Hall–Kier alpha value is -2.37. The fourth-order valence-corrected chi connectivity index (χ4v) is 3.31. The second-order valence-electron chi connectivity index (χ2n) is 6.50. The zero-order chi connectivity index (χ0) is 17.6. The quantitative estimate of drug-likeness (QED) is 0.874. The van der Waals surface area contributed by atoms with Gasteiger partial charge in [0.15, 0.2) is 0 Å². The molecule has 1 fully saturated rings. The Bertz CT molecular complexity index is 747. The summed E-state index contributed by atoms with van der Waals surface area (Å²) in [6.07, 6.45) is 4.48. The number of nitrogens with one attached hydrogen (secondary N) is 1. The highest BCUT2D eigenvalue weighted by molar-refractivity contribution is 5.81. The number of rotatable bonds is 6. The van der Waals surface area contributed by atoms with Crippen LogP contribution in [0.25, 0.3) is 11.0 Å². The molecule has 0 aliphatic carbocycles. The van der Waals surface area contributed by atoms with Gasteiger partial charge >= 0.3 is 0 Å². The number of carbonyl (C=O) groups excluding carboxylic acids is 2. The van der Waals surface area contributed by atoms with Gasteiger partial charge in [-0.15, -0.1) is 0 Å². The first-order chi connectivity index (χ1) is 12.2. The van der Waals surface area contributed by atoms with Crippen molar-refractivity contribution in [3.05, 3.63) is 30.1 Å². The Morgan fingerprint density at radius 3 is 2.68 bits per heavy atom. The van der Waals surface area contributed by atoms with E-state index >= 15 is 0 Å². The van der Waals surface area contributed by atoms with Gasteiger partial charge in [-0.1, -0.05) is 19.1 Å². The predicted molar refractivity (Wildman–Crippen MR) is 97.2 cm³/mol. The Morgan fingerprint density at radius 1 is 1.16 bits per heavy atom. The molecule has 134 valence electrons. The van der Waals surface area contributed by atoms with E-state index in [1.165, 1.54) is 6.42 Å². The topological polar surface area (TPSA) is 67.2 Å². The lowest BCUT2D eigenvalue weighted by atomic mass is 10.1. The molecule has 0 radical (unpaired) electrons. The van der Waals surface area contributed by atoms with Gasteiger partial charge in [-0.05, 0) is 31.4 Å². The van der Waals surface area contributed by atoms with E-state index in [1.54, 1.807) is 0 Å². The first kappa shape index (κ1) is 17.5. The van der Waals surface area contributed by atoms with Crippen LogP contribution in [0.3, 0.4) is 0 Å². The summed E-state index contributed by atoms with van der Waals surface area (Å²) in [7, 11) is 0. The minimum Gasteiger partial charge on any atom is -0.356 e. The average molecular weight is 342 g/mol. The summed E-state index contributed by atoms with van der Waals surface area (Å²) < 4.78 is 2.00. The van der Waals surface area contributed by atoms with Gasteiger partial charge in [-0.3, -0.25) is 9.59 Å². The molecule has 25 heavy (non-hydrogen) atoms. The van der Waals surface area contributed by atoms with Gasteiger partial charge in [0.1, 0.15) is 12.4 Å². The fourth-order valence-electron chi connectivity index (χ4n) is 3.31. The maximum atomic E-state index is 12.7. The van der Waals surface area contributed by atoms with Crippen LogP contribution in [0.2, 0.25) is 0 Å². The number of nitrogens with zero attached hydrogens (tertiary/aromatic N) is 3. The van der Waals surface area contributed by atoms with Gasteiger partial charge in [0.2, 0.25) is 11.8 Å². The van der Waals surface area contributed by atoms with Crippen molar-refractivity contribution in [2.45, 2.75) is 45.6 Å². The Balaban J connectivity index is 1.77. The van der Waals surface area contributed by atoms with Gasteiger partial charge in [0.05, 0.1) is 11.0 Å². The maximum Gasteiger partial charge on any atom is 0.242 e. The number of aromatic nitrogens is 2. The van der Waals surface area contributed by atoms with E-state index in [4.69, 9.17) is 0 Å². The Kier molecular flexibility index (Phi) is 5.68. The van der Waals surface area contributed by atoms with Crippen molar-refractivity contribution in [2.24, 2.45) is 0 Å². The number of fused-ring (bicyclic) bond motifs is 1. The van der Waals surface area contributed by atoms with E-state index in [2.05, 4.69) is 10.3 Å². The fraction of sp³-hybridized carbons (Fsp3) is 0.526. The van der Waals surface area contributed by atoms with Crippen molar-refractivity contribution in [1.82, 2.24) is 19.8 Å². The third kappa shape index (κ3) is 4.18. The van der Waals surface area contributed by atoms with E-state index < -0.39 is 0 Å². The number of hydrogen-bond donors (Lipinski definition) is 1. The number of para-hydroxylation sites is 2. The molecule has 1 aliphatic heterocycles. The molecule has 6 nitrogen and oxygen atoms in total. The van der Waals surface area contributed by atoms with Crippen LogP contribution < -0.4 is 5.32 Å². The molecule has 6 heteroatoms. The second-order valence-corrected chi connectivity index (χ2v) is 6.50. The van der Waals surface area contributed by atoms with E-state index in [9.17, 15) is 9.59 Å². The van der Waals surface area contributed by atoms with Crippen LogP contribution in [0, 0.1) is 0 Å². The number of carbonyl (C=O) groups is 2. The Morgan fingerprint density at radius 2 is 1.92 bits per heavy atom. The third-order valence-electron chi connectivity index (χ3n) is 4.73. The van der Waals surface area contributed by atoms with Crippen LogP contribution in [0.4, 0.5) is 0 Å². The van der Waals surface area contributed by atoms with Gasteiger partial charge in [0.25, 0.3) is 0 Å². The van der Waals surface area contributed by atoms with Crippen LogP contribution in [-0.4, -0.2) is 45.9 Å². The van der Waals surface area contributed by atoms with Crippen molar-refractivity contribution in [3.63, 3.8) is 0 Å². The molecular formula is C19H26N4O2. The van der Waals surface area contributed by atoms with Crippen LogP contribution in [0.5, 0.6) is 0 Å². The highest BCUT2D eigenvalue weighted by atomic mass is 16.2. The summed E-state index contributed by atoms with van der Waals surface area (Å²) in [5.41, 5.74) is 1.87. The molecule has 0 spiro atoms. The largest absolute Gasteiger partial charge is 0.356 e. The standard InChI is InChI=1S/C19H26N4O2/c1-2-18(24)20-11-10-17-21-15-8-4-5-9-16(15)23(17)14-19(25)22-12-6-3-7-13-22/h4-5,8-9H,2-3,6-7,10-14H2,1H3,(H,20,24). The first-order valence-corrected chi connectivity index (χ1v) is 9.17. The second kappa shape index (κ2) is 8.14. The highest BCUT2D eigenvalue weighted by Crippen LogP contribution is 2.18. The molecule has 0 saturated carbocycles. The van der Waals surface area contributed by atoms with Crippen molar-refractivity contribution in [2.75, 3.05) is 19.6 Å². The minimum atomic E-state index is 0.0343. The van der Waals surface area contributed by atoms with Crippen molar-refractivity contribution >= 4 is 22.8 Å². The van der Waals surface area contributed by atoms with Crippen molar-refractivity contribution in [1.29, 1.82) is 0 Å². The summed E-state index contributed by atoms with van der Waals surface area (Å²) in [4.78, 5) is 30.8. The Labute approximate surface area is 148 Å². The van der Waals surface area contributed by atoms with Crippen LogP contribution >= 0.6 is 0 Å². The maximum absolute atomic E-state index is 12.7. The van der Waals surface area contributed by atoms with Gasteiger partial charge < -0.3 is 14.8 Å². The molecule has 0 bridgehead atoms. The average Bonchev–Trinajstić information content (AvgIpc) is 3.00. The number of benzene rings is 1. The molecule has 1 saturated heterocycles. The molecule has 2 heterocycles. The molecule has 1 aromatic carbocycles. The normalized spacial score (nSPS) is 14.7. The summed E-state index contributed by atoms with van der Waals surface area (Å²) in [6, 6.07) is 7.88. The molecule has 1 N–H and O–H groups in total. The number of amides is 2. The van der Waals surface area contributed by atoms with E-state index in [1.807, 2.05) is 40.7 Å². The zero-order valence-electron chi connectivity index (χ0n) is 14.8. The van der Waals surface area contributed by atoms with Gasteiger partial charge in [-0.2, -0.15) is 0 Å². The van der Waals surface area contributed by atoms with Gasteiger partial charge in [0, 0.05) is 32.5 Å². The lowest BCUT2D eigenvalue weighted by Gasteiger charge is -2.27. The summed E-state index contributed by atoms with van der Waals surface area (Å²) in [6.45, 7) is 4.40. The summed E-state index contributed by atoms with van der Waals surface area (Å²) in [5.74, 6) is 1.04. The van der Waals surface area contributed by atoms with Crippen LogP contribution in [0.1, 0.15) is 38.4 Å². The third-order valence-corrected chi connectivity index (χ3v) is 4.73. The summed E-state index contributed by atoms with van der Waals surface area (Å²) >= 11 is 0. The van der Waals surface area contributed by atoms with E-state index in [0.29, 0.717) is 25.9 Å². The lowest BCUT2D eigenvalue weighted by molar-refractivity contribution is -0.132. The van der Waals surface area contributed by atoms with Gasteiger partial charge in [-0.25, -0.2) is 4.98 Å². The van der Waals surface area contributed by atoms with Crippen LogP contribution in [0.15, 0.2) is 24.3 Å². The molecule has 2 amide bonds. The number of likely N-dealkylation sites (tertiary alicyclic amines) is 1. The molecule has 0 atom stereocenters. The lowest BCUT2D eigenvalue weighted by Crippen LogP contribution is -2.38. The van der Waals surface area contributed by atoms with Crippen molar-refractivity contribution in [3.8, 4) is 0 Å². The highest BCUT2D eigenvalue weighted by Gasteiger charge is 2.19. The number of hydrogen-bond acceptors (Lipinski definition) is 3. The number of imidazole rings is 1. The zero-order valence-corrected chi connectivity index (χ0v) is 14.8. The smallest absolute Gasteiger partial charge is 0.242 e. The molecule has 1 aromatic heterocycles. The number of piperidine rings is 1.